The molecule has 0 unspecified atom stereocenters. The standard InChI is InChI=1S/C16H10BrF2NO2/c17-11-3-6-14(13(19)7-11)21-9-16-20-8-15(22-16)10-1-4-12(18)5-2-10/h1-8H,9H2. The van der Waals surface area contributed by atoms with Crippen molar-refractivity contribution in [2.45, 2.75) is 6.61 Å². The number of rotatable bonds is 4. The highest BCUT2D eigenvalue weighted by atomic mass is 79.9. The van der Waals surface area contributed by atoms with Crippen molar-refractivity contribution in [2.75, 3.05) is 0 Å². The molecule has 2 aromatic carbocycles. The second-order valence-corrected chi connectivity index (χ2v) is 5.40. The van der Waals surface area contributed by atoms with Crippen LogP contribution in [0.4, 0.5) is 8.78 Å². The lowest BCUT2D eigenvalue weighted by molar-refractivity contribution is 0.253. The van der Waals surface area contributed by atoms with Crippen LogP contribution in [0.25, 0.3) is 11.3 Å². The zero-order valence-electron chi connectivity index (χ0n) is 11.2. The summed E-state index contributed by atoms with van der Waals surface area (Å²) < 4.78 is 38.0. The van der Waals surface area contributed by atoms with Crippen LogP contribution in [0.3, 0.4) is 0 Å². The molecule has 1 aromatic heterocycles. The van der Waals surface area contributed by atoms with Gasteiger partial charge in [-0.05, 0) is 42.5 Å². The van der Waals surface area contributed by atoms with Gasteiger partial charge in [0.1, 0.15) is 5.82 Å². The van der Waals surface area contributed by atoms with Crippen molar-refractivity contribution >= 4 is 15.9 Å². The zero-order valence-corrected chi connectivity index (χ0v) is 12.8. The van der Waals surface area contributed by atoms with Gasteiger partial charge in [0.25, 0.3) is 0 Å². The number of halogens is 3. The normalized spacial score (nSPS) is 10.7. The molecule has 0 aliphatic rings. The van der Waals surface area contributed by atoms with Crippen LogP contribution in [0.15, 0.2) is 57.6 Å². The van der Waals surface area contributed by atoms with E-state index in [0.29, 0.717) is 21.7 Å². The third-order valence-corrected chi connectivity index (χ3v) is 3.42. The first-order valence-corrected chi connectivity index (χ1v) is 7.19. The number of nitrogens with zero attached hydrogens (tertiary/aromatic N) is 1. The Bertz CT molecular complexity index is 787. The molecule has 0 atom stereocenters. The molecule has 0 bridgehead atoms. The number of oxazole rings is 1. The van der Waals surface area contributed by atoms with Gasteiger partial charge in [-0.1, -0.05) is 15.9 Å². The predicted octanol–water partition coefficient (Wildman–Crippen LogP) is 4.96. The molecular formula is C16H10BrF2NO2. The van der Waals surface area contributed by atoms with Crippen molar-refractivity contribution in [1.29, 1.82) is 0 Å². The Morgan fingerprint density at radius 2 is 1.86 bits per heavy atom. The van der Waals surface area contributed by atoms with Crippen LogP contribution < -0.4 is 4.74 Å². The Kier molecular flexibility index (Phi) is 4.20. The number of benzene rings is 2. The quantitative estimate of drug-likeness (QED) is 0.655. The summed E-state index contributed by atoms with van der Waals surface area (Å²) >= 11 is 3.17. The van der Waals surface area contributed by atoms with E-state index in [1.54, 1.807) is 18.2 Å². The second kappa shape index (κ2) is 6.27. The van der Waals surface area contributed by atoms with Gasteiger partial charge in [-0.3, -0.25) is 0 Å². The molecule has 1 heterocycles. The Balaban J connectivity index is 1.70. The Morgan fingerprint density at radius 3 is 2.59 bits per heavy atom. The van der Waals surface area contributed by atoms with E-state index in [9.17, 15) is 8.78 Å². The summed E-state index contributed by atoms with van der Waals surface area (Å²) in [6.07, 6.45) is 1.52. The predicted molar refractivity (Wildman–Crippen MR) is 80.3 cm³/mol. The van der Waals surface area contributed by atoms with Gasteiger partial charge in [0.15, 0.2) is 23.9 Å². The largest absolute Gasteiger partial charge is 0.481 e. The topological polar surface area (TPSA) is 35.3 Å². The van der Waals surface area contributed by atoms with Crippen molar-refractivity contribution in [1.82, 2.24) is 4.98 Å². The molecule has 22 heavy (non-hydrogen) atoms. The molecule has 0 fully saturated rings. The van der Waals surface area contributed by atoms with E-state index in [2.05, 4.69) is 20.9 Å². The SMILES string of the molecule is Fc1ccc(-c2cnc(COc3ccc(Br)cc3F)o2)cc1. The van der Waals surface area contributed by atoms with E-state index in [0.717, 1.165) is 0 Å². The molecule has 0 saturated carbocycles. The van der Waals surface area contributed by atoms with Crippen molar-refractivity contribution in [2.24, 2.45) is 0 Å². The zero-order chi connectivity index (χ0) is 15.5. The average Bonchev–Trinajstić information content (AvgIpc) is 2.96. The van der Waals surface area contributed by atoms with E-state index in [1.807, 2.05) is 0 Å². The Labute approximate surface area is 133 Å². The van der Waals surface area contributed by atoms with Crippen LogP contribution in [-0.2, 0) is 6.61 Å². The molecule has 0 amide bonds. The van der Waals surface area contributed by atoms with E-state index in [4.69, 9.17) is 9.15 Å². The highest BCUT2D eigenvalue weighted by Crippen LogP contribution is 2.24. The minimum absolute atomic E-state index is 0.000251. The van der Waals surface area contributed by atoms with Crippen molar-refractivity contribution in [3.05, 3.63) is 70.7 Å². The van der Waals surface area contributed by atoms with Gasteiger partial charge in [0.2, 0.25) is 5.89 Å². The first-order valence-electron chi connectivity index (χ1n) is 6.40. The summed E-state index contributed by atoms with van der Waals surface area (Å²) in [7, 11) is 0. The maximum absolute atomic E-state index is 13.6. The van der Waals surface area contributed by atoms with Crippen LogP contribution in [0, 0.1) is 11.6 Å². The third kappa shape index (κ3) is 3.33. The molecule has 3 nitrogen and oxygen atoms in total. The van der Waals surface area contributed by atoms with Gasteiger partial charge in [-0.2, -0.15) is 0 Å². The molecule has 0 aliphatic carbocycles. The number of aromatic nitrogens is 1. The van der Waals surface area contributed by atoms with Crippen LogP contribution in [0.1, 0.15) is 5.89 Å². The Hall–Kier alpha value is -2.21. The second-order valence-electron chi connectivity index (χ2n) is 4.49. The maximum atomic E-state index is 13.6. The summed E-state index contributed by atoms with van der Waals surface area (Å²) in [6, 6.07) is 10.4. The highest BCUT2D eigenvalue weighted by Gasteiger charge is 2.09. The molecule has 0 radical (unpaired) electrons. The molecule has 112 valence electrons. The fourth-order valence-electron chi connectivity index (χ4n) is 1.86. The fourth-order valence-corrected chi connectivity index (χ4v) is 2.19. The first-order chi connectivity index (χ1) is 10.6. The van der Waals surface area contributed by atoms with Crippen LogP contribution >= 0.6 is 15.9 Å². The van der Waals surface area contributed by atoms with Crippen LogP contribution in [0.2, 0.25) is 0 Å². The lowest BCUT2D eigenvalue weighted by atomic mass is 10.2. The van der Waals surface area contributed by atoms with Crippen molar-refractivity contribution in [3.63, 3.8) is 0 Å². The molecule has 3 aromatic rings. The highest BCUT2D eigenvalue weighted by molar-refractivity contribution is 9.10. The van der Waals surface area contributed by atoms with Gasteiger partial charge in [0.05, 0.1) is 6.20 Å². The van der Waals surface area contributed by atoms with Gasteiger partial charge in [-0.25, -0.2) is 13.8 Å². The molecular weight excluding hydrogens is 356 g/mol. The van der Waals surface area contributed by atoms with E-state index in [-0.39, 0.29) is 18.2 Å². The van der Waals surface area contributed by atoms with Crippen molar-refractivity contribution < 1.29 is 17.9 Å². The molecule has 0 N–H and O–H groups in total. The summed E-state index contributed by atoms with van der Waals surface area (Å²) in [6.45, 7) is -0.000251. The van der Waals surface area contributed by atoms with Crippen molar-refractivity contribution in [3.8, 4) is 17.1 Å². The first kappa shape index (κ1) is 14.7. The molecule has 3 rings (SSSR count). The number of ether oxygens (including phenoxy) is 1. The minimum atomic E-state index is -0.473. The Morgan fingerprint density at radius 1 is 1.09 bits per heavy atom. The van der Waals surface area contributed by atoms with Gasteiger partial charge >= 0.3 is 0 Å². The van der Waals surface area contributed by atoms with E-state index < -0.39 is 5.82 Å². The number of hydrogen-bond donors (Lipinski definition) is 0. The van der Waals surface area contributed by atoms with Gasteiger partial charge in [0, 0.05) is 10.0 Å². The fraction of sp³-hybridized carbons (Fsp3) is 0.0625. The lowest BCUT2D eigenvalue weighted by Crippen LogP contribution is -1.97. The summed E-state index contributed by atoms with van der Waals surface area (Å²) in [5.41, 5.74) is 0.704. The van der Waals surface area contributed by atoms with Crippen LogP contribution in [-0.4, -0.2) is 4.98 Å². The summed E-state index contributed by atoms with van der Waals surface area (Å²) in [5.74, 6) is 0.124. The van der Waals surface area contributed by atoms with E-state index in [1.165, 1.54) is 30.5 Å². The summed E-state index contributed by atoms with van der Waals surface area (Å²) in [5, 5.41) is 0. The molecule has 0 spiro atoms. The molecule has 0 saturated heterocycles. The maximum Gasteiger partial charge on any atom is 0.232 e. The monoisotopic (exact) mass is 365 g/mol. The van der Waals surface area contributed by atoms with Gasteiger partial charge < -0.3 is 9.15 Å². The smallest absolute Gasteiger partial charge is 0.232 e. The molecule has 6 heteroatoms. The van der Waals surface area contributed by atoms with Crippen LogP contribution in [0.5, 0.6) is 5.75 Å². The average molecular weight is 366 g/mol. The third-order valence-electron chi connectivity index (χ3n) is 2.93. The number of hydrogen-bond acceptors (Lipinski definition) is 3. The summed E-state index contributed by atoms with van der Waals surface area (Å²) in [4.78, 5) is 4.06. The lowest BCUT2D eigenvalue weighted by Gasteiger charge is -2.05. The van der Waals surface area contributed by atoms with Gasteiger partial charge in [-0.15, -0.1) is 0 Å². The molecule has 0 aliphatic heterocycles. The minimum Gasteiger partial charge on any atom is -0.481 e. The van der Waals surface area contributed by atoms with E-state index >= 15 is 0 Å².